The summed E-state index contributed by atoms with van der Waals surface area (Å²) in [5.74, 6) is -0.888. The van der Waals surface area contributed by atoms with Crippen LogP contribution in [0.5, 0.6) is 5.75 Å². The second-order valence-electron chi connectivity index (χ2n) is 4.69. The molecule has 106 valence electrons. The molecule has 1 aliphatic rings. The number of nitrogens with one attached hydrogen (secondary N) is 1. The van der Waals surface area contributed by atoms with Crippen molar-refractivity contribution in [2.75, 3.05) is 12.4 Å². The maximum absolute atomic E-state index is 12.1. The molecule has 20 heavy (non-hydrogen) atoms. The van der Waals surface area contributed by atoms with E-state index in [0.717, 1.165) is 19.3 Å². The van der Waals surface area contributed by atoms with E-state index in [1.807, 2.05) is 6.08 Å². The van der Waals surface area contributed by atoms with Crippen molar-refractivity contribution in [1.82, 2.24) is 0 Å². The molecule has 0 aromatic heterocycles. The summed E-state index contributed by atoms with van der Waals surface area (Å²) in [6.07, 6.45) is 6.60. The Morgan fingerprint density at radius 1 is 1.35 bits per heavy atom. The van der Waals surface area contributed by atoms with Gasteiger partial charge < -0.3 is 15.2 Å². The van der Waals surface area contributed by atoms with Gasteiger partial charge in [-0.3, -0.25) is 4.79 Å². The predicted octanol–water partition coefficient (Wildman–Crippen LogP) is 2.69. The summed E-state index contributed by atoms with van der Waals surface area (Å²) in [7, 11) is 1.40. The van der Waals surface area contributed by atoms with E-state index in [4.69, 9.17) is 9.84 Å². The molecule has 0 bridgehead atoms. The molecule has 5 nitrogen and oxygen atoms in total. The number of amides is 1. The van der Waals surface area contributed by atoms with E-state index >= 15 is 0 Å². The van der Waals surface area contributed by atoms with E-state index in [9.17, 15) is 9.59 Å². The van der Waals surface area contributed by atoms with E-state index in [1.54, 1.807) is 6.07 Å². The van der Waals surface area contributed by atoms with E-state index in [-0.39, 0.29) is 23.1 Å². The average Bonchev–Trinajstić information content (AvgIpc) is 2.47. The maximum atomic E-state index is 12.1. The molecule has 2 rings (SSSR count). The summed E-state index contributed by atoms with van der Waals surface area (Å²) in [6.45, 7) is 0. The molecule has 1 aliphatic carbocycles. The van der Waals surface area contributed by atoms with Gasteiger partial charge in [0.15, 0.2) is 0 Å². The SMILES string of the molecule is COc1cc(NC(=O)C2CC=CCC2)ccc1C(=O)O. The van der Waals surface area contributed by atoms with Crippen LogP contribution in [0, 0.1) is 5.92 Å². The number of rotatable bonds is 4. The number of benzene rings is 1. The minimum absolute atomic E-state index is 0.0230. The lowest BCUT2D eigenvalue weighted by Crippen LogP contribution is -2.23. The monoisotopic (exact) mass is 275 g/mol. The molecule has 0 saturated heterocycles. The van der Waals surface area contributed by atoms with Crippen LogP contribution in [0.3, 0.4) is 0 Å². The fourth-order valence-corrected chi connectivity index (χ4v) is 2.22. The van der Waals surface area contributed by atoms with Crippen LogP contribution in [0.2, 0.25) is 0 Å². The summed E-state index contributed by atoms with van der Waals surface area (Å²) >= 11 is 0. The Kier molecular flexibility index (Phi) is 4.40. The van der Waals surface area contributed by atoms with Gasteiger partial charge in [0.1, 0.15) is 11.3 Å². The van der Waals surface area contributed by atoms with Gasteiger partial charge in [0.05, 0.1) is 7.11 Å². The Morgan fingerprint density at radius 2 is 2.15 bits per heavy atom. The van der Waals surface area contributed by atoms with Crippen molar-refractivity contribution < 1.29 is 19.4 Å². The van der Waals surface area contributed by atoms with Gasteiger partial charge in [-0.2, -0.15) is 0 Å². The molecule has 1 amide bonds. The number of aromatic carboxylic acids is 1. The molecule has 1 atom stereocenters. The molecular weight excluding hydrogens is 258 g/mol. The summed E-state index contributed by atoms with van der Waals surface area (Å²) in [4.78, 5) is 23.1. The molecule has 0 fully saturated rings. The molecule has 1 aromatic carbocycles. The Balaban J connectivity index is 2.11. The minimum atomic E-state index is -1.06. The molecule has 0 radical (unpaired) electrons. The minimum Gasteiger partial charge on any atom is -0.496 e. The van der Waals surface area contributed by atoms with E-state index < -0.39 is 5.97 Å². The number of allylic oxidation sites excluding steroid dienone is 2. The van der Waals surface area contributed by atoms with Crippen LogP contribution in [-0.2, 0) is 4.79 Å². The quantitative estimate of drug-likeness (QED) is 0.828. The highest BCUT2D eigenvalue weighted by Gasteiger charge is 2.19. The van der Waals surface area contributed by atoms with Gasteiger partial charge in [-0.1, -0.05) is 12.2 Å². The van der Waals surface area contributed by atoms with Gasteiger partial charge in [-0.25, -0.2) is 4.79 Å². The van der Waals surface area contributed by atoms with Crippen LogP contribution in [0.1, 0.15) is 29.6 Å². The van der Waals surface area contributed by atoms with Crippen LogP contribution in [0.4, 0.5) is 5.69 Å². The van der Waals surface area contributed by atoms with Crippen molar-refractivity contribution in [2.45, 2.75) is 19.3 Å². The summed E-state index contributed by atoms with van der Waals surface area (Å²) in [5, 5.41) is 11.8. The van der Waals surface area contributed by atoms with Crippen LogP contribution in [0.15, 0.2) is 30.4 Å². The third-order valence-electron chi connectivity index (χ3n) is 3.34. The van der Waals surface area contributed by atoms with Gasteiger partial charge in [-0.05, 0) is 31.4 Å². The van der Waals surface area contributed by atoms with Crippen LogP contribution < -0.4 is 10.1 Å². The maximum Gasteiger partial charge on any atom is 0.339 e. The van der Waals surface area contributed by atoms with Gasteiger partial charge >= 0.3 is 5.97 Å². The zero-order chi connectivity index (χ0) is 14.5. The lowest BCUT2D eigenvalue weighted by atomic mass is 9.93. The second-order valence-corrected chi connectivity index (χ2v) is 4.69. The number of carbonyl (C=O) groups excluding carboxylic acids is 1. The highest BCUT2D eigenvalue weighted by molar-refractivity contribution is 5.95. The lowest BCUT2D eigenvalue weighted by molar-refractivity contribution is -0.120. The van der Waals surface area contributed by atoms with Crippen LogP contribution >= 0.6 is 0 Å². The first kappa shape index (κ1) is 14.1. The molecule has 0 heterocycles. The largest absolute Gasteiger partial charge is 0.496 e. The summed E-state index contributed by atoms with van der Waals surface area (Å²) in [6, 6.07) is 4.53. The average molecular weight is 275 g/mol. The number of carbonyl (C=O) groups is 2. The number of hydrogen-bond acceptors (Lipinski definition) is 3. The third kappa shape index (κ3) is 3.17. The second kappa shape index (κ2) is 6.23. The molecule has 0 saturated carbocycles. The summed E-state index contributed by atoms with van der Waals surface area (Å²) in [5.41, 5.74) is 0.623. The Morgan fingerprint density at radius 3 is 2.75 bits per heavy atom. The fourth-order valence-electron chi connectivity index (χ4n) is 2.22. The fraction of sp³-hybridized carbons (Fsp3) is 0.333. The standard InChI is InChI=1S/C15H17NO4/c1-20-13-9-11(7-8-12(13)15(18)19)16-14(17)10-5-3-2-4-6-10/h2-3,7-10H,4-6H2,1H3,(H,16,17)(H,18,19). The molecule has 0 aliphatic heterocycles. The van der Waals surface area contributed by atoms with Crippen molar-refractivity contribution in [3.05, 3.63) is 35.9 Å². The van der Waals surface area contributed by atoms with E-state index in [1.165, 1.54) is 19.2 Å². The number of carboxylic acid groups (broad SMARTS) is 1. The lowest BCUT2D eigenvalue weighted by Gasteiger charge is -2.17. The first-order valence-electron chi connectivity index (χ1n) is 6.49. The van der Waals surface area contributed by atoms with Gasteiger partial charge in [-0.15, -0.1) is 0 Å². The van der Waals surface area contributed by atoms with Gasteiger partial charge in [0.2, 0.25) is 5.91 Å². The van der Waals surface area contributed by atoms with E-state index in [0.29, 0.717) is 5.69 Å². The Labute approximate surface area is 117 Å². The number of hydrogen-bond donors (Lipinski definition) is 2. The molecule has 2 N–H and O–H groups in total. The zero-order valence-electron chi connectivity index (χ0n) is 11.3. The van der Waals surface area contributed by atoms with Crippen LogP contribution in [-0.4, -0.2) is 24.1 Å². The Hall–Kier alpha value is -2.30. The third-order valence-corrected chi connectivity index (χ3v) is 3.34. The highest BCUT2D eigenvalue weighted by atomic mass is 16.5. The highest BCUT2D eigenvalue weighted by Crippen LogP contribution is 2.25. The van der Waals surface area contributed by atoms with Gasteiger partial charge in [0.25, 0.3) is 0 Å². The number of anilines is 1. The predicted molar refractivity (Wildman–Crippen MR) is 75.1 cm³/mol. The number of carboxylic acids is 1. The van der Waals surface area contributed by atoms with Crippen molar-refractivity contribution in [1.29, 1.82) is 0 Å². The number of ether oxygens (including phenoxy) is 1. The summed E-state index contributed by atoms with van der Waals surface area (Å²) < 4.78 is 5.03. The van der Waals surface area contributed by atoms with Crippen molar-refractivity contribution in [3.63, 3.8) is 0 Å². The van der Waals surface area contributed by atoms with Gasteiger partial charge in [0, 0.05) is 17.7 Å². The molecule has 1 unspecified atom stereocenters. The van der Waals surface area contributed by atoms with Crippen molar-refractivity contribution >= 4 is 17.6 Å². The molecular formula is C15H17NO4. The zero-order valence-corrected chi connectivity index (χ0v) is 11.3. The first-order valence-corrected chi connectivity index (χ1v) is 6.49. The smallest absolute Gasteiger partial charge is 0.339 e. The van der Waals surface area contributed by atoms with E-state index in [2.05, 4.69) is 11.4 Å². The van der Waals surface area contributed by atoms with Crippen molar-refractivity contribution in [2.24, 2.45) is 5.92 Å². The molecule has 0 spiro atoms. The van der Waals surface area contributed by atoms with Crippen LogP contribution in [0.25, 0.3) is 0 Å². The number of methoxy groups -OCH3 is 1. The molecule has 1 aromatic rings. The normalized spacial score (nSPS) is 17.6. The molecule has 5 heteroatoms. The topological polar surface area (TPSA) is 75.6 Å². The van der Waals surface area contributed by atoms with Crippen molar-refractivity contribution in [3.8, 4) is 5.75 Å². The Bertz CT molecular complexity index is 551. The first-order chi connectivity index (χ1) is 9.61.